The summed E-state index contributed by atoms with van der Waals surface area (Å²) in [6.07, 6.45) is 0.461. The van der Waals surface area contributed by atoms with E-state index in [2.05, 4.69) is 5.32 Å². The van der Waals surface area contributed by atoms with Gasteiger partial charge < -0.3 is 14.8 Å². The van der Waals surface area contributed by atoms with E-state index in [9.17, 15) is 9.59 Å². The molecule has 19 heavy (non-hydrogen) atoms. The summed E-state index contributed by atoms with van der Waals surface area (Å²) < 4.78 is 10.4. The van der Waals surface area contributed by atoms with E-state index < -0.39 is 6.04 Å². The van der Waals surface area contributed by atoms with Crippen LogP contribution in [0.15, 0.2) is 18.2 Å². The molecule has 0 spiro atoms. The van der Waals surface area contributed by atoms with E-state index in [0.717, 1.165) is 5.56 Å². The van der Waals surface area contributed by atoms with Crippen LogP contribution in [-0.4, -0.2) is 38.1 Å². The average molecular weight is 263 g/mol. The van der Waals surface area contributed by atoms with Crippen LogP contribution in [0.4, 0.5) is 0 Å². The van der Waals surface area contributed by atoms with Gasteiger partial charge in [-0.3, -0.25) is 9.59 Å². The first-order valence-corrected chi connectivity index (χ1v) is 6.18. The van der Waals surface area contributed by atoms with Gasteiger partial charge in [-0.15, -0.1) is 0 Å². The number of aryl methyl sites for hydroxylation is 1. The van der Waals surface area contributed by atoms with Crippen LogP contribution in [-0.2, 0) is 9.53 Å². The van der Waals surface area contributed by atoms with Crippen molar-refractivity contribution in [3.05, 3.63) is 29.3 Å². The van der Waals surface area contributed by atoms with Crippen molar-refractivity contribution >= 4 is 11.7 Å². The SMILES string of the molecule is COCC(=O)NC1CCOc2c(C)cccc2C1=O. The van der Waals surface area contributed by atoms with E-state index in [1.807, 2.05) is 19.1 Å². The molecule has 1 heterocycles. The number of Topliss-reactive ketones (excluding diaryl/α,β-unsaturated/α-hetero) is 1. The molecule has 0 aliphatic carbocycles. The average Bonchev–Trinajstić information content (AvgIpc) is 2.53. The molecule has 0 saturated heterocycles. The van der Waals surface area contributed by atoms with Crippen LogP contribution in [0.1, 0.15) is 22.3 Å². The molecule has 0 fully saturated rings. The van der Waals surface area contributed by atoms with Crippen LogP contribution in [0, 0.1) is 6.92 Å². The number of hydrogen-bond acceptors (Lipinski definition) is 4. The molecule has 1 aromatic rings. The molecule has 5 heteroatoms. The Bertz CT molecular complexity index is 498. The van der Waals surface area contributed by atoms with Crippen LogP contribution in [0.3, 0.4) is 0 Å². The summed E-state index contributed by atoms with van der Waals surface area (Å²) in [5.74, 6) is 0.216. The predicted octanol–water partition coefficient (Wildman–Crippen LogP) is 1.09. The number of carbonyl (C=O) groups excluding carboxylic acids is 2. The monoisotopic (exact) mass is 263 g/mol. The van der Waals surface area contributed by atoms with Gasteiger partial charge in [-0.1, -0.05) is 12.1 Å². The van der Waals surface area contributed by atoms with Crippen molar-refractivity contribution < 1.29 is 19.1 Å². The Balaban J connectivity index is 2.21. The van der Waals surface area contributed by atoms with Gasteiger partial charge in [0.15, 0.2) is 5.78 Å². The zero-order chi connectivity index (χ0) is 13.8. The summed E-state index contributed by atoms with van der Waals surface area (Å²) in [6, 6.07) is 4.89. The van der Waals surface area contributed by atoms with E-state index in [1.54, 1.807) is 6.07 Å². The van der Waals surface area contributed by atoms with Crippen LogP contribution < -0.4 is 10.1 Å². The van der Waals surface area contributed by atoms with Gasteiger partial charge in [0, 0.05) is 13.5 Å². The molecule has 5 nitrogen and oxygen atoms in total. The lowest BCUT2D eigenvalue weighted by Crippen LogP contribution is -2.42. The van der Waals surface area contributed by atoms with Gasteiger partial charge in [0.2, 0.25) is 5.91 Å². The van der Waals surface area contributed by atoms with Crippen LogP contribution in [0.25, 0.3) is 0 Å². The number of nitrogens with one attached hydrogen (secondary N) is 1. The molecule has 0 bridgehead atoms. The zero-order valence-corrected chi connectivity index (χ0v) is 11.1. The number of methoxy groups -OCH3 is 1. The van der Waals surface area contributed by atoms with Crippen molar-refractivity contribution in [1.82, 2.24) is 5.32 Å². The van der Waals surface area contributed by atoms with E-state index in [0.29, 0.717) is 24.3 Å². The number of ether oxygens (including phenoxy) is 2. The minimum absolute atomic E-state index is 0.0503. The Morgan fingerprint density at radius 2 is 2.32 bits per heavy atom. The summed E-state index contributed by atoms with van der Waals surface area (Å²) in [7, 11) is 1.44. The first-order chi connectivity index (χ1) is 9.13. The van der Waals surface area contributed by atoms with Gasteiger partial charge in [0.1, 0.15) is 12.4 Å². The highest BCUT2D eigenvalue weighted by Crippen LogP contribution is 2.27. The lowest BCUT2D eigenvalue weighted by Gasteiger charge is -2.14. The molecular formula is C14H17NO4. The number of hydrogen-bond donors (Lipinski definition) is 1. The third-order valence-corrected chi connectivity index (χ3v) is 3.06. The number of fused-ring (bicyclic) bond motifs is 1. The molecule has 1 atom stereocenters. The molecule has 0 saturated carbocycles. The minimum atomic E-state index is -0.550. The van der Waals surface area contributed by atoms with Crippen LogP contribution in [0.2, 0.25) is 0 Å². The Hall–Kier alpha value is -1.88. The minimum Gasteiger partial charge on any atom is -0.492 e. The highest BCUT2D eigenvalue weighted by atomic mass is 16.5. The smallest absolute Gasteiger partial charge is 0.246 e. The molecule has 1 N–H and O–H groups in total. The van der Waals surface area contributed by atoms with E-state index in [1.165, 1.54) is 7.11 Å². The molecular weight excluding hydrogens is 246 g/mol. The number of benzene rings is 1. The topological polar surface area (TPSA) is 64.6 Å². The normalized spacial score (nSPS) is 18.2. The van der Waals surface area contributed by atoms with Gasteiger partial charge in [-0.05, 0) is 18.6 Å². The fraction of sp³-hybridized carbons (Fsp3) is 0.429. The second-order valence-electron chi connectivity index (χ2n) is 4.51. The van der Waals surface area contributed by atoms with Crippen LogP contribution >= 0.6 is 0 Å². The van der Waals surface area contributed by atoms with Crippen molar-refractivity contribution in [2.45, 2.75) is 19.4 Å². The van der Waals surface area contributed by atoms with Crippen molar-refractivity contribution in [1.29, 1.82) is 0 Å². The summed E-state index contributed by atoms with van der Waals surface area (Å²) in [6.45, 7) is 2.25. The van der Waals surface area contributed by atoms with Crippen molar-refractivity contribution in [3.63, 3.8) is 0 Å². The summed E-state index contributed by atoms with van der Waals surface area (Å²) >= 11 is 0. The summed E-state index contributed by atoms with van der Waals surface area (Å²) in [4.78, 5) is 23.9. The standard InChI is InChI=1S/C14H17NO4/c1-9-4-3-5-10-13(17)11(6-7-19-14(9)10)15-12(16)8-18-2/h3-5,11H,6-8H2,1-2H3,(H,15,16). The van der Waals surface area contributed by atoms with E-state index >= 15 is 0 Å². The second-order valence-corrected chi connectivity index (χ2v) is 4.51. The van der Waals surface area contributed by atoms with Crippen molar-refractivity contribution in [3.8, 4) is 5.75 Å². The third kappa shape index (κ3) is 2.93. The molecule has 102 valence electrons. The summed E-state index contributed by atoms with van der Waals surface area (Å²) in [5, 5.41) is 2.68. The maximum atomic E-state index is 12.4. The predicted molar refractivity (Wildman–Crippen MR) is 69.4 cm³/mol. The molecule has 1 unspecified atom stereocenters. The van der Waals surface area contributed by atoms with Gasteiger partial charge in [-0.25, -0.2) is 0 Å². The largest absolute Gasteiger partial charge is 0.492 e. The number of rotatable bonds is 3. The molecule has 1 aliphatic rings. The fourth-order valence-corrected chi connectivity index (χ4v) is 2.14. The third-order valence-electron chi connectivity index (χ3n) is 3.06. The van der Waals surface area contributed by atoms with Crippen molar-refractivity contribution in [2.24, 2.45) is 0 Å². The molecule has 1 aromatic carbocycles. The van der Waals surface area contributed by atoms with Crippen LogP contribution in [0.5, 0.6) is 5.75 Å². The first-order valence-electron chi connectivity index (χ1n) is 6.18. The highest BCUT2D eigenvalue weighted by molar-refractivity contribution is 6.04. The van der Waals surface area contributed by atoms with E-state index in [4.69, 9.17) is 9.47 Å². The lowest BCUT2D eigenvalue weighted by atomic mass is 10.0. The Morgan fingerprint density at radius 1 is 1.53 bits per heavy atom. The Morgan fingerprint density at radius 3 is 3.05 bits per heavy atom. The van der Waals surface area contributed by atoms with Gasteiger partial charge in [-0.2, -0.15) is 0 Å². The molecule has 0 aromatic heterocycles. The lowest BCUT2D eigenvalue weighted by molar-refractivity contribution is -0.125. The highest BCUT2D eigenvalue weighted by Gasteiger charge is 2.28. The van der Waals surface area contributed by atoms with Crippen molar-refractivity contribution in [2.75, 3.05) is 20.3 Å². The van der Waals surface area contributed by atoms with E-state index in [-0.39, 0.29) is 18.3 Å². The second kappa shape index (κ2) is 5.84. The Labute approximate surface area is 111 Å². The molecule has 2 rings (SSSR count). The molecule has 1 amide bonds. The van der Waals surface area contributed by atoms with Gasteiger partial charge >= 0.3 is 0 Å². The molecule has 0 radical (unpaired) electrons. The number of carbonyl (C=O) groups is 2. The van der Waals surface area contributed by atoms with Gasteiger partial charge in [0.05, 0.1) is 18.2 Å². The summed E-state index contributed by atoms with van der Waals surface area (Å²) in [5.41, 5.74) is 1.45. The maximum absolute atomic E-state index is 12.4. The first kappa shape index (κ1) is 13.5. The molecule has 1 aliphatic heterocycles. The zero-order valence-electron chi connectivity index (χ0n) is 11.1. The maximum Gasteiger partial charge on any atom is 0.246 e. The number of para-hydroxylation sites is 1. The fourth-order valence-electron chi connectivity index (χ4n) is 2.14. The number of ketones is 1. The Kier molecular flexibility index (Phi) is 4.16. The number of amides is 1. The quantitative estimate of drug-likeness (QED) is 0.886. The van der Waals surface area contributed by atoms with Gasteiger partial charge in [0.25, 0.3) is 0 Å².